The van der Waals surface area contributed by atoms with E-state index in [1.165, 1.54) is 32.4 Å². The van der Waals surface area contributed by atoms with E-state index >= 15 is 0 Å². The molecule has 2 aromatic rings. The minimum atomic E-state index is -5.44. The van der Waals surface area contributed by atoms with E-state index in [2.05, 4.69) is 4.98 Å². The molecule has 2 atom stereocenters. The third-order valence-corrected chi connectivity index (χ3v) is 9.00. The van der Waals surface area contributed by atoms with Gasteiger partial charge in [0.25, 0.3) is 5.08 Å². The Bertz CT molecular complexity index is 1080. The number of hydrogen-bond acceptors (Lipinski definition) is 8. The predicted octanol–water partition coefficient (Wildman–Crippen LogP) is 2.73. The Morgan fingerprint density at radius 3 is 2.25 bits per heavy atom. The Morgan fingerprint density at radius 1 is 1.22 bits per heavy atom. The lowest BCUT2D eigenvalue weighted by Gasteiger charge is -2.41. The highest BCUT2D eigenvalue weighted by atomic mass is 31.2. The van der Waals surface area contributed by atoms with E-state index in [1.54, 1.807) is 0 Å². The van der Waals surface area contributed by atoms with Gasteiger partial charge in [-0.2, -0.15) is 0 Å². The van der Waals surface area contributed by atoms with Crippen LogP contribution < -0.4 is 4.74 Å². The first-order valence-electron chi connectivity index (χ1n) is 8.79. The molecule has 15 heteroatoms. The van der Waals surface area contributed by atoms with Crippen molar-refractivity contribution in [3.05, 3.63) is 59.4 Å². The fraction of sp³-hybridized carbons (Fsp3) is 0.294. The van der Waals surface area contributed by atoms with Crippen LogP contribution in [0.2, 0.25) is 0 Å². The molecule has 0 saturated carbocycles. The molecule has 3 rings (SSSR count). The van der Waals surface area contributed by atoms with Crippen LogP contribution in [0.1, 0.15) is 17.4 Å². The van der Waals surface area contributed by atoms with Crippen LogP contribution in [-0.2, 0) is 24.6 Å². The summed E-state index contributed by atoms with van der Waals surface area (Å²) in [6.07, 6.45) is -1.76. The Morgan fingerprint density at radius 2 is 1.78 bits per heavy atom. The quantitative estimate of drug-likeness (QED) is 0.540. The first-order valence-corrected chi connectivity index (χ1v) is 11.9. The largest absolute Gasteiger partial charge is 0.414 e. The Labute approximate surface area is 180 Å². The number of halogens is 2. The van der Waals surface area contributed by atoms with Crippen molar-refractivity contribution in [3.63, 3.8) is 0 Å². The van der Waals surface area contributed by atoms with Crippen molar-refractivity contribution in [2.75, 3.05) is 14.1 Å². The molecule has 1 aliphatic heterocycles. The number of aliphatic hydroxyl groups is 1. The lowest BCUT2D eigenvalue weighted by molar-refractivity contribution is -0.0614. The minimum absolute atomic E-state index is 0.0913. The molecule has 1 aromatic heterocycles. The summed E-state index contributed by atoms with van der Waals surface area (Å²) in [7, 11) is -8.22. The number of carbonyl (C=O) groups is 1. The summed E-state index contributed by atoms with van der Waals surface area (Å²) in [6, 6.07) is 3.86. The zero-order valence-corrected chi connectivity index (χ0v) is 18.4. The zero-order valence-electron chi connectivity index (χ0n) is 16.6. The van der Waals surface area contributed by atoms with Crippen LogP contribution in [0.3, 0.4) is 0 Å². The second-order valence-corrected chi connectivity index (χ2v) is 11.3. The monoisotopic (exact) mass is 494 g/mol. The van der Waals surface area contributed by atoms with E-state index in [9.17, 15) is 37.6 Å². The number of carbonyl (C=O) groups excluding carboxylic acids is 1. The van der Waals surface area contributed by atoms with Crippen LogP contribution >= 0.6 is 15.2 Å². The van der Waals surface area contributed by atoms with E-state index in [4.69, 9.17) is 13.8 Å². The highest BCUT2D eigenvalue weighted by molar-refractivity contribution is 7.73. The lowest BCUT2D eigenvalue weighted by atomic mass is 10.2. The maximum absolute atomic E-state index is 14.6. The summed E-state index contributed by atoms with van der Waals surface area (Å²) in [5.74, 6) is -3.48. The van der Waals surface area contributed by atoms with Gasteiger partial charge in [0.15, 0.2) is 0 Å². The van der Waals surface area contributed by atoms with Gasteiger partial charge in [0.2, 0.25) is 6.29 Å². The summed E-state index contributed by atoms with van der Waals surface area (Å²) in [6.45, 7) is 0. The van der Waals surface area contributed by atoms with Crippen molar-refractivity contribution < 1.29 is 51.4 Å². The van der Waals surface area contributed by atoms with Crippen LogP contribution in [-0.4, -0.2) is 50.0 Å². The molecule has 1 aliphatic rings. The van der Waals surface area contributed by atoms with E-state index in [0.717, 1.165) is 11.1 Å². The molecule has 0 bridgehead atoms. The molecule has 0 aliphatic carbocycles. The van der Waals surface area contributed by atoms with E-state index in [-0.39, 0.29) is 5.56 Å². The van der Waals surface area contributed by atoms with Crippen molar-refractivity contribution >= 4 is 21.3 Å². The molecule has 32 heavy (non-hydrogen) atoms. The second kappa shape index (κ2) is 8.60. The van der Waals surface area contributed by atoms with Crippen LogP contribution in [0.5, 0.6) is 5.75 Å². The number of ether oxygens (including phenoxy) is 1. The van der Waals surface area contributed by atoms with E-state index in [0.29, 0.717) is 12.1 Å². The molecule has 3 N–H and O–H groups in total. The molecule has 1 amide bonds. The standard InChI is InChI=1S/C17H18F2N2O9P2/c1-21(2)16(22)28-11-6-12(18)14(13(19)7-11)15-29-31(24,25)17(23,32(26,27)30-15)8-10-4-3-5-20-9-10/h3-7,9,15,23H,8H2,1-2H3,(H,24,25)(H,26,27). The van der Waals surface area contributed by atoms with Gasteiger partial charge < -0.3 is 24.5 Å². The number of rotatable bonds is 4. The number of amides is 1. The fourth-order valence-electron chi connectivity index (χ4n) is 2.73. The van der Waals surface area contributed by atoms with E-state index in [1.807, 2.05) is 0 Å². The van der Waals surface area contributed by atoms with Gasteiger partial charge in [0.05, 0.1) is 5.56 Å². The van der Waals surface area contributed by atoms with Gasteiger partial charge in [0.1, 0.15) is 17.4 Å². The average molecular weight is 494 g/mol. The number of nitrogens with zero attached hydrogens (tertiary/aromatic N) is 2. The second-order valence-electron chi connectivity index (χ2n) is 6.96. The molecule has 2 unspecified atom stereocenters. The van der Waals surface area contributed by atoms with Gasteiger partial charge in [-0.15, -0.1) is 0 Å². The van der Waals surface area contributed by atoms with E-state index < -0.39 is 62.0 Å². The molecular weight excluding hydrogens is 476 g/mol. The summed E-state index contributed by atoms with van der Waals surface area (Å²) in [5, 5.41) is 7.30. The molecule has 1 saturated heterocycles. The Balaban J connectivity index is 1.95. The maximum Gasteiger partial charge on any atom is 0.414 e. The zero-order chi connectivity index (χ0) is 23.9. The third-order valence-electron chi connectivity index (χ3n) is 4.41. The Kier molecular flexibility index (Phi) is 6.56. The van der Waals surface area contributed by atoms with Crippen molar-refractivity contribution in [3.8, 4) is 5.75 Å². The molecule has 0 radical (unpaired) electrons. The van der Waals surface area contributed by atoms with Crippen LogP contribution in [0.4, 0.5) is 13.6 Å². The first-order chi connectivity index (χ1) is 14.8. The van der Waals surface area contributed by atoms with Crippen LogP contribution in [0.25, 0.3) is 0 Å². The van der Waals surface area contributed by atoms with Gasteiger partial charge >= 0.3 is 21.3 Å². The molecular formula is C17H18F2N2O9P2. The van der Waals surface area contributed by atoms with Crippen LogP contribution in [0.15, 0.2) is 36.7 Å². The lowest BCUT2D eigenvalue weighted by Crippen LogP contribution is -2.38. The van der Waals surface area contributed by atoms with Crippen molar-refractivity contribution in [1.82, 2.24) is 9.88 Å². The van der Waals surface area contributed by atoms with Gasteiger partial charge in [0, 0.05) is 45.0 Å². The Hall–Kier alpha value is -2.24. The third kappa shape index (κ3) is 4.46. The summed E-state index contributed by atoms with van der Waals surface area (Å²) in [5.41, 5.74) is -1.05. The molecule has 1 fully saturated rings. The predicted molar refractivity (Wildman–Crippen MR) is 104 cm³/mol. The number of aromatic nitrogens is 1. The maximum atomic E-state index is 14.6. The number of pyridine rings is 1. The highest BCUT2D eigenvalue weighted by Gasteiger charge is 2.67. The SMILES string of the molecule is CN(C)C(=O)Oc1cc(F)c(C2OP(=O)(O)C(O)(Cc3cccnc3)P(=O)(O)O2)c(F)c1. The first kappa shape index (κ1) is 24.4. The van der Waals surface area contributed by atoms with Gasteiger partial charge in [-0.25, -0.2) is 13.6 Å². The van der Waals surface area contributed by atoms with Crippen molar-refractivity contribution in [2.45, 2.75) is 17.8 Å². The summed E-state index contributed by atoms with van der Waals surface area (Å²) >= 11 is 0. The normalized spacial score (nSPS) is 30.0. The smallest absolute Gasteiger partial charge is 0.410 e. The van der Waals surface area contributed by atoms with Gasteiger partial charge in [-0.05, 0) is 11.6 Å². The minimum Gasteiger partial charge on any atom is -0.410 e. The van der Waals surface area contributed by atoms with Crippen molar-refractivity contribution in [2.24, 2.45) is 0 Å². The van der Waals surface area contributed by atoms with Crippen molar-refractivity contribution in [1.29, 1.82) is 0 Å². The van der Waals surface area contributed by atoms with Gasteiger partial charge in [-0.3, -0.25) is 23.2 Å². The molecule has 2 heterocycles. The van der Waals surface area contributed by atoms with Gasteiger partial charge in [-0.1, -0.05) is 6.07 Å². The topological polar surface area (TPSA) is 156 Å². The molecule has 0 spiro atoms. The summed E-state index contributed by atoms with van der Waals surface area (Å²) < 4.78 is 68.7. The molecule has 1 aromatic carbocycles. The number of hydrogen-bond donors (Lipinski definition) is 3. The fourth-order valence-corrected chi connectivity index (χ4v) is 6.27. The summed E-state index contributed by atoms with van der Waals surface area (Å²) in [4.78, 5) is 36.8. The highest BCUT2D eigenvalue weighted by Crippen LogP contribution is 2.79. The average Bonchev–Trinajstić information content (AvgIpc) is 2.66. The van der Waals surface area contributed by atoms with Crippen LogP contribution in [0, 0.1) is 11.6 Å². The number of benzene rings is 1. The molecule has 11 nitrogen and oxygen atoms in total. The molecule has 174 valence electrons.